The van der Waals surface area contributed by atoms with Gasteiger partial charge < -0.3 is 11.1 Å². The first-order chi connectivity index (χ1) is 14.7. The van der Waals surface area contributed by atoms with Gasteiger partial charge in [0.05, 0.1) is 17.8 Å². The molecule has 0 bridgehead atoms. The maximum Gasteiger partial charge on any atom is 0.251 e. The summed E-state index contributed by atoms with van der Waals surface area (Å²) in [5, 5.41) is 26.9. The number of nitrogens with one attached hydrogen (secondary N) is 2. The lowest BCUT2D eigenvalue weighted by atomic mass is 10.1. The molecule has 2 heterocycles. The highest BCUT2D eigenvalue weighted by Gasteiger charge is 2.11. The zero-order valence-corrected chi connectivity index (χ0v) is 16.2. The number of nitriles is 1. The molecule has 0 spiro atoms. The first-order valence-electron chi connectivity index (χ1n) is 9.54. The van der Waals surface area contributed by atoms with Crippen molar-refractivity contribution in [2.75, 3.05) is 12.3 Å². The summed E-state index contributed by atoms with van der Waals surface area (Å²) in [6, 6.07) is 17.3. The van der Waals surface area contributed by atoms with Crippen molar-refractivity contribution in [3.8, 4) is 6.07 Å². The molecule has 9 heteroatoms. The standard InChI is InChI=1S/C21H20N8O/c22-12-16-17(25-27-20(16)23)5-3-11-24-21(30)15-9-7-14(8-10-15)13-29-19-6-2-1-4-18(19)26-28-29/h1-2,4,6-10H,3,5,11,13H2,(H,24,30)(H3,23,25,27). The number of para-hydroxylation sites is 1. The van der Waals surface area contributed by atoms with Gasteiger partial charge in [-0.05, 0) is 42.7 Å². The van der Waals surface area contributed by atoms with Gasteiger partial charge in [-0.1, -0.05) is 29.5 Å². The van der Waals surface area contributed by atoms with Gasteiger partial charge in [-0.2, -0.15) is 10.4 Å². The molecular weight excluding hydrogens is 380 g/mol. The average molecular weight is 400 g/mol. The second-order valence-corrected chi connectivity index (χ2v) is 6.87. The molecule has 1 amide bonds. The van der Waals surface area contributed by atoms with E-state index in [0.29, 0.717) is 42.8 Å². The van der Waals surface area contributed by atoms with Crippen LogP contribution in [0.4, 0.5) is 5.82 Å². The molecule has 0 atom stereocenters. The minimum absolute atomic E-state index is 0.141. The van der Waals surface area contributed by atoms with Crippen molar-refractivity contribution >= 4 is 22.8 Å². The topological polar surface area (TPSA) is 138 Å². The monoisotopic (exact) mass is 400 g/mol. The van der Waals surface area contributed by atoms with E-state index in [1.807, 2.05) is 47.1 Å². The van der Waals surface area contributed by atoms with Gasteiger partial charge in [-0.15, -0.1) is 5.10 Å². The smallest absolute Gasteiger partial charge is 0.251 e. The molecule has 4 aromatic rings. The van der Waals surface area contributed by atoms with Crippen molar-refractivity contribution in [1.82, 2.24) is 30.5 Å². The first-order valence-corrected chi connectivity index (χ1v) is 9.54. The normalized spacial score (nSPS) is 10.8. The van der Waals surface area contributed by atoms with Gasteiger partial charge in [0.2, 0.25) is 0 Å². The molecule has 0 fully saturated rings. The molecular formula is C21H20N8O. The van der Waals surface area contributed by atoms with Crippen LogP contribution in [0.5, 0.6) is 0 Å². The third-order valence-corrected chi connectivity index (χ3v) is 4.84. The van der Waals surface area contributed by atoms with E-state index in [0.717, 1.165) is 16.6 Å². The van der Waals surface area contributed by atoms with Crippen molar-refractivity contribution in [2.24, 2.45) is 0 Å². The minimum Gasteiger partial charge on any atom is -0.381 e. The van der Waals surface area contributed by atoms with Gasteiger partial charge in [0.15, 0.2) is 5.82 Å². The molecule has 0 saturated heterocycles. The number of nitrogens with zero attached hydrogens (tertiary/aromatic N) is 5. The maximum absolute atomic E-state index is 12.4. The molecule has 0 aliphatic carbocycles. The lowest BCUT2D eigenvalue weighted by Crippen LogP contribution is -2.24. The van der Waals surface area contributed by atoms with E-state index >= 15 is 0 Å². The van der Waals surface area contributed by atoms with E-state index in [2.05, 4.69) is 25.8 Å². The summed E-state index contributed by atoms with van der Waals surface area (Å²) < 4.78 is 1.84. The van der Waals surface area contributed by atoms with Gasteiger partial charge in [0, 0.05) is 12.1 Å². The maximum atomic E-state index is 12.4. The molecule has 0 saturated carbocycles. The number of aromatic nitrogens is 5. The van der Waals surface area contributed by atoms with Crippen LogP contribution in [0.25, 0.3) is 11.0 Å². The molecule has 2 aromatic heterocycles. The fraction of sp³-hybridized carbons (Fsp3) is 0.190. The van der Waals surface area contributed by atoms with Crippen molar-refractivity contribution in [3.63, 3.8) is 0 Å². The van der Waals surface area contributed by atoms with Crippen LogP contribution in [0, 0.1) is 11.3 Å². The van der Waals surface area contributed by atoms with Crippen molar-refractivity contribution < 1.29 is 4.79 Å². The van der Waals surface area contributed by atoms with Crippen LogP contribution in [-0.2, 0) is 13.0 Å². The number of fused-ring (bicyclic) bond motifs is 1. The first kappa shape index (κ1) is 19.1. The zero-order chi connectivity index (χ0) is 20.9. The number of amides is 1. The fourth-order valence-electron chi connectivity index (χ4n) is 3.24. The van der Waals surface area contributed by atoms with Crippen LogP contribution in [0.1, 0.15) is 33.6 Å². The van der Waals surface area contributed by atoms with Crippen LogP contribution in [0.3, 0.4) is 0 Å². The Labute approximate surface area is 172 Å². The Morgan fingerprint density at radius 3 is 2.80 bits per heavy atom. The van der Waals surface area contributed by atoms with E-state index < -0.39 is 0 Å². The number of rotatable bonds is 7. The Bertz CT molecular complexity index is 1220. The highest BCUT2D eigenvalue weighted by atomic mass is 16.1. The van der Waals surface area contributed by atoms with Crippen molar-refractivity contribution in [1.29, 1.82) is 5.26 Å². The molecule has 2 aromatic carbocycles. The molecule has 4 rings (SSSR count). The Morgan fingerprint density at radius 1 is 1.20 bits per heavy atom. The SMILES string of the molecule is N#Cc1c(N)n[nH]c1CCCNC(=O)c1ccc(Cn2nnc3ccccc32)cc1. The Hall–Kier alpha value is -4.19. The summed E-state index contributed by atoms with van der Waals surface area (Å²) in [7, 11) is 0. The summed E-state index contributed by atoms with van der Waals surface area (Å²) in [6.07, 6.45) is 1.25. The predicted octanol–water partition coefficient (Wildman–Crippen LogP) is 2.02. The minimum atomic E-state index is -0.141. The number of anilines is 1. The summed E-state index contributed by atoms with van der Waals surface area (Å²) in [5.74, 6) is 0.0629. The van der Waals surface area contributed by atoms with E-state index in [1.54, 1.807) is 12.1 Å². The lowest BCUT2D eigenvalue weighted by Gasteiger charge is -2.07. The van der Waals surface area contributed by atoms with Crippen LogP contribution in [0.15, 0.2) is 48.5 Å². The molecule has 9 nitrogen and oxygen atoms in total. The van der Waals surface area contributed by atoms with Crippen LogP contribution >= 0.6 is 0 Å². The molecule has 0 aliphatic heterocycles. The van der Waals surface area contributed by atoms with E-state index in [4.69, 9.17) is 11.0 Å². The van der Waals surface area contributed by atoms with E-state index in [1.165, 1.54) is 0 Å². The number of nitrogen functional groups attached to an aromatic ring is 1. The fourth-order valence-corrected chi connectivity index (χ4v) is 3.24. The highest BCUT2D eigenvalue weighted by Crippen LogP contribution is 2.14. The quantitative estimate of drug-likeness (QED) is 0.406. The Kier molecular flexibility index (Phi) is 5.39. The molecule has 150 valence electrons. The van der Waals surface area contributed by atoms with E-state index in [9.17, 15) is 4.79 Å². The number of aromatic amines is 1. The van der Waals surface area contributed by atoms with Crippen LogP contribution in [0.2, 0.25) is 0 Å². The van der Waals surface area contributed by atoms with Crippen molar-refractivity contribution in [2.45, 2.75) is 19.4 Å². The van der Waals surface area contributed by atoms with Gasteiger partial charge >= 0.3 is 0 Å². The van der Waals surface area contributed by atoms with Crippen molar-refractivity contribution in [3.05, 3.63) is 70.9 Å². The number of benzene rings is 2. The van der Waals surface area contributed by atoms with Crippen LogP contribution in [-0.4, -0.2) is 37.6 Å². The third-order valence-electron chi connectivity index (χ3n) is 4.84. The van der Waals surface area contributed by atoms with Gasteiger partial charge in [-0.3, -0.25) is 9.89 Å². The number of nitrogens with two attached hydrogens (primary N) is 1. The zero-order valence-electron chi connectivity index (χ0n) is 16.2. The summed E-state index contributed by atoms with van der Waals surface area (Å²) in [6.45, 7) is 1.06. The number of hydrogen-bond donors (Lipinski definition) is 3. The summed E-state index contributed by atoms with van der Waals surface area (Å²) in [5.41, 5.74) is 10.1. The summed E-state index contributed by atoms with van der Waals surface area (Å²) in [4.78, 5) is 12.4. The molecule has 0 radical (unpaired) electrons. The van der Waals surface area contributed by atoms with E-state index in [-0.39, 0.29) is 11.7 Å². The van der Waals surface area contributed by atoms with Gasteiger partial charge in [0.1, 0.15) is 17.1 Å². The number of hydrogen-bond acceptors (Lipinski definition) is 6. The second kappa shape index (κ2) is 8.45. The number of H-pyrrole nitrogens is 1. The van der Waals surface area contributed by atoms with Gasteiger partial charge in [-0.25, -0.2) is 4.68 Å². The lowest BCUT2D eigenvalue weighted by molar-refractivity contribution is 0.0953. The molecule has 0 aliphatic rings. The highest BCUT2D eigenvalue weighted by molar-refractivity contribution is 5.94. The Balaban J connectivity index is 1.30. The third kappa shape index (κ3) is 3.98. The predicted molar refractivity (Wildman–Crippen MR) is 111 cm³/mol. The van der Waals surface area contributed by atoms with Crippen LogP contribution < -0.4 is 11.1 Å². The van der Waals surface area contributed by atoms with Gasteiger partial charge in [0.25, 0.3) is 5.91 Å². The Morgan fingerprint density at radius 2 is 2.00 bits per heavy atom. The average Bonchev–Trinajstić information content (AvgIpc) is 3.34. The second-order valence-electron chi connectivity index (χ2n) is 6.87. The largest absolute Gasteiger partial charge is 0.381 e. The number of aryl methyl sites for hydroxylation is 1. The number of carbonyl (C=O) groups excluding carboxylic acids is 1. The number of carbonyl (C=O) groups is 1. The molecule has 30 heavy (non-hydrogen) atoms. The molecule has 0 unspecified atom stereocenters. The molecule has 4 N–H and O–H groups in total. The summed E-state index contributed by atoms with van der Waals surface area (Å²) >= 11 is 0.